The second-order valence-electron chi connectivity index (χ2n) is 5.17. The van der Waals surface area contributed by atoms with Crippen molar-refractivity contribution >= 4 is 57.8 Å². The summed E-state index contributed by atoms with van der Waals surface area (Å²) in [6, 6.07) is 4.45. The first-order valence-electron chi connectivity index (χ1n) is 7.69. The quantitative estimate of drug-likeness (QED) is 0.298. The van der Waals surface area contributed by atoms with Crippen molar-refractivity contribution < 1.29 is 19.3 Å². The third-order valence-corrected chi connectivity index (χ3v) is 4.33. The number of hydrogen-bond acceptors (Lipinski definition) is 6. The third-order valence-electron chi connectivity index (χ3n) is 3.20. The van der Waals surface area contributed by atoms with E-state index in [0.29, 0.717) is 0 Å². The highest BCUT2D eigenvalue weighted by molar-refractivity contribution is 6.38. The summed E-state index contributed by atoms with van der Waals surface area (Å²) in [5.74, 6) is 10.3. The molecular formula is C18H8Cl4N2O6. The Hall–Kier alpha value is -2.88. The Morgan fingerprint density at radius 1 is 0.700 bits per heavy atom. The fourth-order valence-corrected chi connectivity index (χ4v) is 3.13. The summed E-state index contributed by atoms with van der Waals surface area (Å²) in [5.41, 5.74) is -0.523. The molecule has 0 N–H and O–H groups in total. The second kappa shape index (κ2) is 10.8. The highest BCUT2D eigenvalue weighted by Crippen LogP contribution is 2.37. The molecule has 0 unspecified atom stereocenters. The molecule has 0 aliphatic rings. The van der Waals surface area contributed by atoms with Crippen LogP contribution in [0.25, 0.3) is 0 Å². The minimum atomic E-state index is -0.629. The van der Waals surface area contributed by atoms with Gasteiger partial charge in [-0.3, -0.25) is 20.2 Å². The van der Waals surface area contributed by atoms with Crippen LogP contribution in [0.1, 0.15) is 0 Å². The highest BCUT2D eigenvalue weighted by atomic mass is 35.5. The zero-order valence-corrected chi connectivity index (χ0v) is 17.6. The average molecular weight is 490 g/mol. The van der Waals surface area contributed by atoms with Crippen molar-refractivity contribution in [2.24, 2.45) is 0 Å². The average Bonchev–Trinajstić information content (AvgIpc) is 2.66. The predicted molar refractivity (Wildman–Crippen MR) is 113 cm³/mol. The van der Waals surface area contributed by atoms with Crippen LogP contribution in [0.15, 0.2) is 24.3 Å². The second-order valence-corrected chi connectivity index (χ2v) is 6.80. The molecule has 2 rings (SSSR count). The van der Waals surface area contributed by atoms with E-state index < -0.39 is 9.85 Å². The van der Waals surface area contributed by atoms with Crippen molar-refractivity contribution in [2.45, 2.75) is 0 Å². The van der Waals surface area contributed by atoms with E-state index in [9.17, 15) is 20.2 Å². The van der Waals surface area contributed by atoms with E-state index in [-0.39, 0.29) is 56.2 Å². The van der Waals surface area contributed by atoms with Gasteiger partial charge in [-0.15, -0.1) is 0 Å². The molecule has 0 saturated heterocycles. The topological polar surface area (TPSA) is 105 Å². The van der Waals surface area contributed by atoms with Crippen LogP contribution in [-0.4, -0.2) is 23.1 Å². The first kappa shape index (κ1) is 23.4. The van der Waals surface area contributed by atoms with Gasteiger partial charge in [-0.1, -0.05) is 46.4 Å². The Morgan fingerprint density at radius 3 is 1.27 bits per heavy atom. The summed E-state index contributed by atoms with van der Waals surface area (Å²) >= 11 is 23.6. The molecule has 0 amide bonds. The molecule has 30 heavy (non-hydrogen) atoms. The summed E-state index contributed by atoms with van der Waals surface area (Å²) in [7, 11) is 0. The van der Waals surface area contributed by atoms with Crippen molar-refractivity contribution in [1.82, 2.24) is 0 Å². The van der Waals surface area contributed by atoms with Gasteiger partial charge in [-0.2, -0.15) is 0 Å². The lowest BCUT2D eigenvalue weighted by molar-refractivity contribution is -0.385. The molecule has 154 valence electrons. The van der Waals surface area contributed by atoms with Crippen LogP contribution in [0.5, 0.6) is 11.5 Å². The molecule has 0 aliphatic heterocycles. The van der Waals surface area contributed by atoms with Gasteiger partial charge in [0.15, 0.2) is 11.5 Å². The molecule has 0 bridgehead atoms. The zero-order valence-electron chi connectivity index (χ0n) is 14.6. The first-order chi connectivity index (χ1) is 14.2. The lowest BCUT2D eigenvalue weighted by atomic mass is 10.3. The molecule has 0 fully saturated rings. The fourth-order valence-electron chi connectivity index (χ4n) is 1.96. The van der Waals surface area contributed by atoms with Gasteiger partial charge in [-0.05, 0) is 23.7 Å². The van der Waals surface area contributed by atoms with Gasteiger partial charge in [0.2, 0.25) is 0 Å². The third kappa shape index (κ3) is 6.31. The van der Waals surface area contributed by atoms with Gasteiger partial charge < -0.3 is 9.47 Å². The molecule has 2 aromatic rings. The predicted octanol–water partition coefficient (Wildman–Crippen LogP) is 5.58. The molecule has 2 aromatic carbocycles. The van der Waals surface area contributed by atoms with Crippen LogP contribution in [0.2, 0.25) is 20.1 Å². The molecule has 0 radical (unpaired) electrons. The number of benzene rings is 2. The Labute approximate surface area is 189 Å². The minimum absolute atomic E-state index is 0.0210. The molecule has 0 spiro atoms. The van der Waals surface area contributed by atoms with Crippen molar-refractivity contribution in [2.75, 3.05) is 13.2 Å². The van der Waals surface area contributed by atoms with Gasteiger partial charge >= 0.3 is 0 Å². The van der Waals surface area contributed by atoms with Crippen LogP contribution < -0.4 is 9.47 Å². The number of ether oxygens (including phenoxy) is 2. The van der Waals surface area contributed by atoms with Crippen molar-refractivity contribution in [3.63, 3.8) is 0 Å². The zero-order chi connectivity index (χ0) is 22.3. The Kier molecular flexibility index (Phi) is 8.40. The molecule has 0 aromatic heterocycles. The van der Waals surface area contributed by atoms with E-state index >= 15 is 0 Å². The number of halogens is 4. The molecular weight excluding hydrogens is 482 g/mol. The van der Waals surface area contributed by atoms with E-state index in [2.05, 4.69) is 23.7 Å². The number of nitro benzene ring substituents is 2. The van der Waals surface area contributed by atoms with Crippen LogP contribution in [0.3, 0.4) is 0 Å². The lowest BCUT2D eigenvalue weighted by Gasteiger charge is -2.06. The van der Waals surface area contributed by atoms with E-state index in [4.69, 9.17) is 55.9 Å². The summed E-state index contributed by atoms with van der Waals surface area (Å²) in [5, 5.41) is 21.4. The molecule has 12 heteroatoms. The van der Waals surface area contributed by atoms with E-state index in [1.54, 1.807) is 0 Å². The van der Waals surface area contributed by atoms with Gasteiger partial charge in [0.1, 0.15) is 13.2 Å². The molecule has 0 aliphatic carbocycles. The first-order valence-corrected chi connectivity index (χ1v) is 9.20. The molecule has 0 atom stereocenters. The van der Waals surface area contributed by atoms with Crippen LogP contribution >= 0.6 is 46.4 Å². The molecule has 0 heterocycles. The van der Waals surface area contributed by atoms with Crippen molar-refractivity contribution in [3.8, 4) is 35.2 Å². The molecule has 8 nitrogen and oxygen atoms in total. The number of nitro groups is 2. The maximum atomic E-state index is 10.7. The van der Waals surface area contributed by atoms with Crippen LogP contribution in [0.4, 0.5) is 11.4 Å². The highest BCUT2D eigenvalue weighted by Gasteiger charge is 2.16. The maximum absolute atomic E-state index is 10.7. The van der Waals surface area contributed by atoms with E-state index in [1.807, 2.05) is 0 Å². The Morgan fingerprint density at radius 2 is 1.00 bits per heavy atom. The normalized spacial score (nSPS) is 9.60. The summed E-state index contributed by atoms with van der Waals surface area (Å²) in [4.78, 5) is 20.2. The number of non-ortho nitro benzene ring substituents is 2. The lowest BCUT2D eigenvalue weighted by Crippen LogP contribution is -1.97. The monoisotopic (exact) mass is 488 g/mol. The van der Waals surface area contributed by atoms with Crippen LogP contribution in [-0.2, 0) is 0 Å². The van der Waals surface area contributed by atoms with Gasteiger partial charge in [0, 0.05) is 24.3 Å². The maximum Gasteiger partial charge on any atom is 0.272 e. The van der Waals surface area contributed by atoms with Crippen LogP contribution in [0, 0.1) is 43.9 Å². The summed E-state index contributed by atoms with van der Waals surface area (Å²) < 4.78 is 10.6. The van der Waals surface area contributed by atoms with Gasteiger partial charge in [-0.25, -0.2) is 0 Å². The number of nitrogens with zero attached hydrogens (tertiary/aromatic N) is 2. The summed E-state index contributed by atoms with van der Waals surface area (Å²) in [6.45, 7) is -0.237. The number of hydrogen-bond donors (Lipinski definition) is 0. The smallest absolute Gasteiger partial charge is 0.272 e. The van der Waals surface area contributed by atoms with Crippen molar-refractivity contribution in [1.29, 1.82) is 0 Å². The fraction of sp³-hybridized carbons (Fsp3) is 0.111. The minimum Gasteiger partial charge on any atom is -0.478 e. The Balaban J connectivity index is 1.90. The van der Waals surface area contributed by atoms with Gasteiger partial charge in [0.05, 0.1) is 29.9 Å². The standard InChI is InChI=1S/C18H8Cl4N2O6/c19-13-7-11(23(25)26)8-14(20)17(13)29-5-3-1-2-4-6-30-18-15(21)9-12(24(27)28)10-16(18)22/h7-10H,5-6H2. The SMILES string of the molecule is O=[N+]([O-])c1cc(Cl)c(OCC#CC#CCOc2c(Cl)cc([N+](=O)[O-])cc2Cl)c(Cl)c1. The van der Waals surface area contributed by atoms with Gasteiger partial charge in [0.25, 0.3) is 11.4 Å². The van der Waals surface area contributed by atoms with Crippen molar-refractivity contribution in [3.05, 3.63) is 64.6 Å². The van der Waals surface area contributed by atoms with E-state index in [1.165, 1.54) is 0 Å². The largest absolute Gasteiger partial charge is 0.478 e. The van der Waals surface area contributed by atoms with E-state index in [0.717, 1.165) is 24.3 Å². The Bertz CT molecular complexity index is 995. The number of rotatable bonds is 6. The molecule has 0 saturated carbocycles. The summed E-state index contributed by atoms with van der Waals surface area (Å²) in [6.07, 6.45) is 0.